The van der Waals surface area contributed by atoms with E-state index in [1.807, 2.05) is 12.3 Å². The van der Waals surface area contributed by atoms with Gasteiger partial charge in [0.2, 0.25) is 0 Å². The second-order valence-corrected chi connectivity index (χ2v) is 13.8. The van der Waals surface area contributed by atoms with Crippen molar-refractivity contribution in [3.05, 3.63) is 152 Å². The molecule has 0 amide bonds. The molecule has 4 heterocycles. The van der Waals surface area contributed by atoms with Crippen LogP contribution in [0.4, 0.5) is 34.1 Å². The molecule has 7 aromatic rings. The van der Waals surface area contributed by atoms with E-state index < -0.39 is 0 Å². The molecule has 7 heteroatoms. The van der Waals surface area contributed by atoms with Crippen LogP contribution in [0.3, 0.4) is 0 Å². The van der Waals surface area contributed by atoms with Crippen molar-refractivity contribution in [3.8, 4) is 22.6 Å². The lowest BCUT2D eigenvalue weighted by atomic mass is 9.33. The third-order valence-corrected chi connectivity index (χ3v) is 10.9. The molecule has 6 nitrogen and oxygen atoms in total. The largest absolute Gasteiger partial charge is 0.311 e. The second kappa shape index (κ2) is 12.4. The smallest absolute Gasteiger partial charge is 0.252 e. The monoisotopic (exact) mass is 658 g/mol. The van der Waals surface area contributed by atoms with E-state index in [9.17, 15) is 0 Å². The molecule has 2 aromatic heterocycles. The fourth-order valence-corrected chi connectivity index (χ4v) is 8.62. The fraction of sp³-hybridized carbons (Fsp3) is 0.136. The quantitative estimate of drug-likeness (QED) is 0.173. The Balaban J connectivity index is 1.26. The van der Waals surface area contributed by atoms with Crippen molar-refractivity contribution in [3.63, 3.8) is 0 Å². The normalized spacial score (nSPS) is 14.9. The number of anilines is 6. The summed E-state index contributed by atoms with van der Waals surface area (Å²) < 4.78 is 0. The first kappa shape index (κ1) is 29.8. The van der Waals surface area contributed by atoms with E-state index in [0.29, 0.717) is 11.7 Å². The van der Waals surface area contributed by atoms with Crippen molar-refractivity contribution in [2.75, 3.05) is 9.80 Å². The van der Waals surface area contributed by atoms with E-state index in [1.54, 1.807) is 12.7 Å². The first-order valence-electron chi connectivity index (χ1n) is 18.0. The number of hydrogen-bond acceptors (Lipinski definition) is 6. The van der Waals surface area contributed by atoms with Crippen LogP contribution in [0.5, 0.6) is 0 Å². The van der Waals surface area contributed by atoms with Gasteiger partial charge in [-0.15, -0.1) is 0 Å². The van der Waals surface area contributed by atoms with E-state index in [2.05, 4.69) is 146 Å². The summed E-state index contributed by atoms with van der Waals surface area (Å²) in [5, 5.41) is 0. The van der Waals surface area contributed by atoms with Gasteiger partial charge < -0.3 is 9.80 Å². The number of rotatable bonds is 5. The van der Waals surface area contributed by atoms with Crippen LogP contribution >= 0.6 is 0 Å². The van der Waals surface area contributed by atoms with Crippen LogP contribution in [0.25, 0.3) is 22.6 Å². The molecule has 5 aromatic carbocycles. The molecule has 0 atom stereocenters. The summed E-state index contributed by atoms with van der Waals surface area (Å²) in [6.07, 6.45) is 11.3. The Labute approximate surface area is 298 Å². The minimum atomic E-state index is 0.0472. The molecule has 2 aliphatic heterocycles. The average Bonchev–Trinajstić information content (AvgIpc) is 3.22. The molecule has 0 N–H and O–H groups in total. The molecular weight excluding hydrogens is 623 g/mol. The molecule has 3 aliphatic rings. The number of fused-ring (bicyclic) bond motifs is 4. The van der Waals surface area contributed by atoms with Crippen LogP contribution in [0.2, 0.25) is 0 Å². The van der Waals surface area contributed by atoms with Crippen molar-refractivity contribution in [1.82, 2.24) is 19.9 Å². The van der Waals surface area contributed by atoms with Gasteiger partial charge in [-0.2, -0.15) is 0 Å². The molecule has 0 spiro atoms. The zero-order valence-electron chi connectivity index (χ0n) is 28.2. The Bertz CT molecular complexity index is 2360. The summed E-state index contributed by atoms with van der Waals surface area (Å²) in [7, 11) is 0. The lowest BCUT2D eigenvalue weighted by Gasteiger charge is -2.45. The summed E-state index contributed by atoms with van der Waals surface area (Å²) in [4.78, 5) is 22.6. The van der Waals surface area contributed by atoms with Gasteiger partial charge in [-0.3, -0.25) is 4.98 Å². The van der Waals surface area contributed by atoms with Crippen LogP contribution in [-0.4, -0.2) is 26.6 Å². The molecule has 0 bridgehead atoms. The highest BCUT2D eigenvalue weighted by molar-refractivity contribution is 7.00. The zero-order chi connectivity index (χ0) is 33.7. The number of aromatic nitrogens is 4. The van der Waals surface area contributed by atoms with Gasteiger partial charge in [0.25, 0.3) is 6.71 Å². The highest BCUT2D eigenvalue weighted by atomic mass is 15.2. The first-order valence-corrected chi connectivity index (χ1v) is 18.0. The predicted octanol–water partition coefficient (Wildman–Crippen LogP) is 8.73. The Hall–Kier alpha value is -6.08. The summed E-state index contributed by atoms with van der Waals surface area (Å²) in [6.45, 7) is 0.0472. The maximum absolute atomic E-state index is 4.76. The highest BCUT2D eigenvalue weighted by Gasteiger charge is 2.44. The Morgan fingerprint density at radius 2 is 1.20 bits per heavy atom. The van der Waals surface area contributed by atoms with Crippen LogP contribution in [0.15, 0.2) is 146 Å². The third kappa shape index (κ3) is 5.03. The number of hydrogen-bond donors (Lipinski definition) is 0. The fourth-order valence-electron chi connectivity index (χ4n) is 8.62. The minimum absolute atomic E-state index is 0.0472. The SMILES string of the molecule is c1ccc(N2c3ccccc3B3c4cc(-c5ccccn5)ccc4N(c4ccc(-c5ncncn5)cc4)c4cc(C5CCCCC5)cc2c43)cc1. The van der Waals surface area contributed by atoms with E-state index in [1.165, 1.54) is 82.5 Å². The van der Waals surface area contributed by atoms with Gasteiger partial charge in [0.15, 0.2) is 5.82 Å². The van der Waals surface area contributed by atoms with E-state index >= 15 is 0 Å². The topological polar surface area (TPSA) is 58.0 Å². The van der Waals surface area contributed by atoms with Crippen molar-refractivity contribution >= 4 is 57.2 Å². The molecule has 1 saturated carbocycles. The first-order chi connectivity index (χ1) is 25.3. The summed E-state index contributed by atoms with van der Waals surface area (Å²) >= 11 is 0. The van der Waals surface area contributed by atoms with Crippen LogP contribution < -0.4 is 26.2 Å². The molecular formula is C44H35BN6. The molecule has 10 rings (SSSR count). The Morgan fingerprint density at radius 1 is 0.529 bits per heavy atom. The van der Waals surface area contributed by atoms with Gasteiger partial charge in [0.05, 0.1) is 5.69 Å². The lowest BCUT2D eigenvalue weighted by Crippen LogP contribution is -2.61. The molecule has 244 valence electrons. The summed E-state index contributed by atoms with van der Waals surface area (Å²) in [5.41, 5.74) is 15.6. The maximum atomic E-state index is 4.76. The molecule has 0 unspecified atom stereocenters. The highest BCUT2D eigenvalue weighted by Crippen LogP contribution is 2.47. The standard InChI is InChI=1S/C44H35BN6/c1-3-11-30(12-4-1)33-26-41-43-42(27-33)51(35-21-18-31(19-22-35)44-48-28-46-29-49-44)40-23-20-32(38-16-9-10-24-47-38)25-37(40)45(43)36-15-7-8-17-39(36)50(41)34-13-5-2-6-14-34/h2,5-10,13-30H,1,3-4,11-12H2. The van der Waals surface area contributed by atoms with E-state index in [0.717, 1.165) is 22.5 Å². The van der Waals surface area contributed by atoms with Crippen LogP contribution in [-0.2, 0) is 0 Å². The van der Waals surface area contributed by atoms with Crippen molar-refractivity contribution in [2.24, 2.45) is 0 Å². The molecule has 1 fully saturated rings. The number of pyridine rings is 1. The van der Waals surface area contributed by atoms with E-state index in [-0.39, 0.29) is 6.71 Å². The van der Waals surface area contributed by atoms with Crippen LogP contribution in [0.1, 0.15) is 43.6 Å². The van der Waals surface area contributed by atoms with Gasteiger partial charge in [0.1, 0.15) is 12.7 Å². The van der Waals surface area contributed by atoms with E-state index in [4.69, 9.17) is 4.98 Å². The summed E-state index contributed by atoms with van der Waals surface area (Å²) in [6, 6.07) is 46.7. The van der Waals surface area contributed by atoms with Gasteiger partial charge in [0, 0.05) is 45.9 Å². The van der Waals surface area contributed by atoms with Gasteiger partial charge >= 0.3 is 0 Å². The number of para-hydroxylation sites is 2. The van der Waals surface area contributed by atoms with Crippen molar-refractivity contribution < 1.29 is 0 Å². The van der Waals surface area contributed by atoms with Crippen molar-refractivity contribution in [2.45, 2.75) is 38.0 Å². The Morgan fingerprint density at radius 3 is 1.94 bits per heavy atom. The lowest BCUT2D eigenvalue weighted by molar-refractivity contribution is 0.444. The number of nitrogens with zero attached hydrogens (tertiary/aromatic N) is 6. The van der Waals surface area contributed by atoms with Gasteiger partial charge in [-0.05, 0) is 119 Å². The van der Waals surface area contributed by atoms with Gasteiger partial charge in [-0.25, -0.2) is 15.0 Å². The second-order valence-electron chi connectivity index (χ2n) is 13.8. The van der Waals surface area contributed by atoms with Crippen LogP contribution in [0, 0.1) is 0 Å². The average molecular weight is 659 g/mol. The maximum Gasteiger partial charge on any atom is 0.252 e. The predicted molar refractivity (Wildman–Crippen MR) is 208 cm³/mol. The third-order valence-electron chi connectivity index (χ3n) is 10.9. The summed E-state index contributed by atoms with van der Waals surface area (Å²) in [5.74, 6) is 1.21. The molecule has 0 radical (unpaired) electrons. The van der Waals surface area contributed by atoms with Gasteiger partial charge in [-0.1, -0.05) is 73.9 Å². The molecule has 51 heavy (non-hydrogen) atoms. The molecule has 0 saturated heterocycles. The number of benzene rings is 5. The molecule has 1 aliphatic carbocycles. The Kier molecular flexibility index (Phi) is 7.22. The van der Waals surface area contributed by atoms with Crippen molar-refractivity contribution in [1.29, 1.82) is 0 Å². The minimum Gasteiger partial charge on any atom is -0.311 e. The zero-order valence-corrected chi connectivity index (χ0v) is 28.2.